The van der Waals surface area contributed by atoms with E-state index in [1.807, 2.05) is 91.3 Å². The van der Waals surface area contributed by atoms with Crippen molar-refractivity contribution in [2.24, 2.45) is 0 Å². The predicted molar refractivity (Wildman–Crippen MR) is 134 cm³/mol. The maximum atomic E-state index is 10.2. The summed E-state index contributed by atoms with van der Waals surface area (Å²) in [6, 6.07) is 27.8. The van der Waals surface area contributed by atoms with E-state index < -0.39 is 6.10 Å². The molecule has 1 N–H and O–H groups in total. The van der Waals surface area contributed by atoms with Gasteiger partial charge in [-0.3, -0.25) is 4.90 Å². The Labute approximate surface area is 201 Å². The van der Waals surface area contributed by atoms with Crippen LogP contribution in [0.5, 0.6) is 17.4 Å². The maximum Gasteiger partial charge on any atom is 0.227 e. The first-order chi connectivity index (χ1) is 16.5. The molecule has 6 heteroatoms. The number of para-hydroxylation sites is 1. The predicted octanol–water partition coefficient (Wildman–Crippen LogP) is 5.36. The second kappa shape index (κ2) is 11.0. The molecule has 4 rings (SSSR count). The van der Waals surface area contributed by atoms with Crippen LogP contribution in [0.25, 0.3) is 5.69 Å². The number of hydrogen-bond donors (Lipinski definition) is 1. The minimum Gasteiger partial charge on any atom is -0.497 e. The highest BCUT2D eigenvalue weighted by Crippen LogP contribution is 2.32. The van der Waals surface area contributed by atoms with Gasteiger partial charge in [-0.05, 0) is 55.8 Å². The molecule has 0 aliphatic rings. The van der Waals surface area contributed by atoms with E-state index in [0.29, 0.717) is 31.3 Å². The molecule has 6 nitrogen and oxygen atoms in total. The lowest BCUT2D eigenvalue weighted by molar-refractivity contribution is 0.117. The second-order valence-corrected chi connectivity index (χ2v) is 8.40. The smallest absolute Gasteiger partial charge is 0.227 e. The van der Waals surface area contributed by atoms with Crippen LogP contribution in [-0.2, 0) is 13.1 Å². The van der Waals surface area contributed by atoms with Crippen molar-refractivity contribution in [3.8, 4) is 23.1 Å². The molecule has 0 saturated carbocycles. The molecule has 0 aliphatic carbocycles. The van der Waals surface area contributed by atoms with Crippen molar-refractivity contribution in [1.82, 2.24) is 14.7 Å². The number of aryl methyl sites for hydroxylation is 1. The lowest BCUT2D eigenvalue weighted by Crippen LogP contribution is -2.30. The van der Waals surface area contributed by atoms with Gasteiger partial charge in [0.2, 0.25) is 5.88 Å². The summed E-state index contributed by atoms with van der Waals surface area (Å²) >= 11 is 0. The van der Waals surface area contributed by atoms with Crippen LogP contribution in [0, 0.1) is 6.92 Å². The molecular formula is C28H31N3O3. The number of methoxy groups -OCH3 is 1. The van der Waals surface area contributed by atoms with Gasteiger partial charge in [0, 0.05) is 19.6 Å². The van der Waals surface area contributed by atoms with E-state index in [1.54, 1.807) is 7.11 Å². The zero-order valence-electron chi connectivity index (χ0n) is 19.9. The number of nitrogens with zero attached hydrogens (tertiary/aromatic N) is 3. The maximum absolute atomic E-state index is 10.2. The lowest BCUT2D eigenvalue weighted by Gasteiger charge is -2.24. The number of ether oxygens (including phenoxy) is 2. The molecular weight excluding hydrogens is 426 g/mol. The molecule has 0 fully saturated rings. The quantitative estimate of drug-likeness (QED) is 0.347. The monoisotopic (exact) mass is 457 g/mol. The van der Waals surface area contributed by atoms with Crippen molar-refractivity contribution in [2.75, 3.05) is 13.7 Å². The van der Waals surface area contributed by atoms with Crippen LogP contribution in [0.4, 0.5) is 0 Å². The van der Waals surface area contributed by atoms with Crippen LogP contribution in [0.1, 0.15) is 23.7 Å². The van der Waals surface area contributed by atoms with Crippen molar-refractivity contribution >= 4 is 0 Å². The summed E-state index contributed by atoms with van der Waals surface area (Å²) < 4.78 is 13.6. The molecule has 3 aromatic carbocycles. The average Bonchev–Trinajstić information content (AvgIpc) is 3.15. The third-order valence-electron chi connectivity index (χ3n) is 5.57. The minimum atomic E-state index is -0.459. The number of aliphatic hydroxyl groups excluding tert-OH is 1. The largest absolute Gasteiger partial charge is 0.497 e. The van der Waals surface area contributed by atoms with Crippen LogP contribution in [0.2, 0.25) is 0 Å². The van der Waals surface area contributed by atoms with Crippen molar-refractivity contribution in [3.63, 3.8) is 0 Å². The Morgan fingerprint density at radius 2 is 1.50 bits per heavy atom. The fourth-order valence-electron chi connectivity index (χ4n) is 3.95. The highest BCUT2D eigenvalue weighted by Gasteiger charge is 2.22. The van der Waals surface area contributed by atoms with Crippen molar-refractivity contribution in [1.29, 1.82) is 0 Å². The van der Waals surface area contributed by atoms with Gasteiger partial charge in [0.25, 0.3) is 0 Å². The lowest BCUT2D eigenvalue weighted by atomic mass is 10.1. The molecule has 1 atom stereocenters. The first-order valence-corrected chi connectivity index (χ1v) is 11.4. The standard InChI is InChI=1S/C28H31N3O3/c1-21(32)18-30(19-23-10-6-4-7-11-23)20-27-22(2)29-31(24-12-8-5-9-13-24)28(27)34-26-16-14-25(33-3)15-17-26/h4-17,21,32H,18-20H2,1-3H3. The number of benzene rings is 3. The SMILES string of the molecule is COc1ccc(Oc2c(CN(Cc3ccccc3)CC(C)O)c(C)nn2-c2ccccc2)cc1. The van der Waals surface area contributed by atoms with E-state index in [9.17, 15) is 5.11 Å². The van der Waals surface area contributed by atoms with Crippen LogP contribution in [0.15, 0.2) is 84.9 Å². The Kier molecular flexibility index (Phi) is 7.62. The number of aromatic nitrogens is 2. The molecule has 4 aromatic rings. The van der Waals surface area contributed by atoms with E-state index in [-0.39, 0.29) is 0 Å². The molecule has 0 spiro atoms. The van der Waals surface area contributed by atoms with Crippen molar-refractivity contribution in [2.45, 2.75) is 33.0 Å². The molecule has 176 valence electrons. The Morgan fingerprint density at radius 3 is 2.12 bits per heavy atom. The van der Waals surface area contributed by atoms with Crippen LogP contribution in [0.3, 0.4) is 0 Å². The van der Waals surface area contributed by atoms with Crippen molar-refractivity contribution in [3.05, 3.63) is 102 Å². The summed E-state index contributed by atoms with van der Waals surface area (Å²) in [4.78, 5) is 2.22. The summed E-state index contributed by atoms with van der Waals surface area (Å²) in [5.74, 6) is 2.13. The third-order valence-corrected chi connectivity index (χ3v) is 5.57. The van der Waals surface area contributed by atoms with Gasteiger partial charge in [0.15, 0.2) is 0 Å². The third kappa shape index (κ3) is 5.84. The molecule has 0 radical (unpaired) electrons. The Morgan fingerprint density at radius 1 is 0.882 bits per heavy atom. The summed E-state index contributed by atoms with van der Waals surface area (Å²) in [7, 11) is 1.64. The zero-order valence-corrected chi connectivity index (χ0v) is 19.9. The molecule has 0 bridgehead atoms. The van der Waals surface area contributed by atoms with Gasteiger partial charge in [-0.15, -0.1) is 0 Å². The molecule has 0 aliphatic heterocycles. The van der Waals surface area contributed by atoms with Crippen LogP contribution < -0.4 is 9.47 Å². The van der Waals surface area contributed by atoms with Gasteiger partial charge in [0.1, 0.15) is 11.5 Å². The Balaban J connectivity index is 1.71. The molecule has 1 aromatic heterocycles. The Bertz CT molecular complexity index is 1170. The minimum absolute atomic E-state index is 0.459. The number of rotatable bonds is 10. The second-order valence-electron chi connectivity index (χ2n) is 8.40. The van der Waals surface area contributed by atoms with Gasteiger partial charge in [-0.2, -0.15) is 5.10 Å². The molecule has 0 amide bonds. The summed E-state index contributed by atoms with van der Waals surface area (Å²) in [5, 5.41) is 15.0. The molecule has 34 heavy (non-hydrogen) atoms. The fourth-order valence-corrected chi connectivity index (χ4v) is 3.95. The van der Waals surface area contributed by atoms with E-state index in [4.69, 9.17) is 14.6 Å². The topological polar surface area (TPSA) is 59.8 Å². The van der Waals surface area contributed by atoms with E-state index in [1.165, 1.54) is 5.56 Å². The molecule has 1 unspecified atom stereocenters. The average molecular weight is 458 g/mol. The summed E-state index contributed by atoms with van der Waals surface area (Å²) in [5.41, 5.74) is 3.98. The summed E-state index contributed by atoms with van der Waals surface area (Å²) in [6.45, 7) is 5.65. The zero-order chi connectivity index (χ0) is 23.9. The van der Waals surface area contributed by atoms with E-state index >= 15 is 0 Å². The highest BCUT2D eigenvalue weighted by atomic mass is 16.5. The van der Waals surface area contributed by atoms with Crippen LogP contribution >= 0.6 is 0 Å². The van der Waals surface area contributed by atoms with Gasteiger partial charge < -0.3 is 14.6 Å². The van der Waals surface area contributed by atoms with Gasteiger partial charge in [-0.25, -0.2) is 4.68 Å². The first-order valence-electron chi connectivity index (χ1n) is 11.4. The fraction of sp³-hybridized carbons (Fsp3) is 0.250. The summed E-state index contributed by atoms with van der Waals surface area (Å²) in [6.07, 6.45) is -0.459. The number of hydrogen-bond acceptors (Lipinski definition) is 5. The molecule has 0 saturated heterocycles. The van der Waals surface area contributed by atoms with Gasteiger partial charge in [0.05, 0.1) is 30.2 Å². The molecule has 1 heterocycles. The number of aliphatic hydroxyl groups is 1. The first kappa shape index (κ1) is 23.5. The van der Waals surface area contributed by atoms with E-state index in [0.717, 1.165) is 22.7 Å². The van der Waals surface area contributed by atoms with Gasteiger partial charge >= 0.3 is 0 Å². The van der Waals surface area contributed by atoms with E-state index in [2.05, 4.69) is 17.0 Å². The van der Waals surface area contributed by atoms with Gasteiger partial charge in [-0.1, -0.05) is 48.5 Å². The van der Waals surface area contributed by atoms with Crippen LogP contribution in [-0.4, -0.2) is 39.5 Å². The normalized spacial score (nSPS) is 12.0. The Hall–Kier alpha value is -3.61. The highest BCUT2D eigenvalue weighted by molar-refractivity contribution is 5.44. The van der Waals surface area contributed by atoms with Crippen molar-refractivity contribution < 1.29 is 14.6 Å².